The van der Waals surface area contributed by atoms with Gasteiger partial charge in [0.2, 0.25) is 0 Å². The van der Waals surface area contributed by atoms with Gasteiger partial charge in [0.15, 0.2) is 0 Å². The highest BCUT2D eigenvalue weighted by Gasteiger charge is 2.20. The summed E-state index contributed by atoms with van der Waals surface area (Å²) in [6, 6.07) is 2.29. The summed E-state index contributed by atoms with van der Waals surface area (Å²) in [7, 11) is 2.13. The monoisotopic (exact) mass is 273 g/mol. The van der Waals surface area contributed by atoms with Crippen molar-refractivity contribution in [3.05, 3.63) is 24.0 Å². The molecule has 0 saturated carbocycles. The van der Waals surface area contributed by atoms with E-state index < -0.39 is 5.91 Å². The largest absolute Gasteiger partial charge is 0.381 e. The summed E-state index contributed by atoms with van der Waals surface area (Å²) in [5.41, 5.74) is 7.49. The van der Waals surface area contributed by atoms with Crippen molar-refractivity contribution in [2.75, 3.05) is 25.5 Å². The third kappa shape index (κ3) is 2.34. The average Bonchev–Trinajstić information content (AvgIpc) is 2.90. The fraction of sp³-hybridized carbons (Fsp3) is 0.429. The fourth-order valence-electron chi connectivity index (χ4n) is 2.71. The Bertz CT molecular complexity index is 628. The second-order valence-corrected chi connectivity index (χ2v) is 5.37. The van der Waals surface area contributed by atoms with E-state index in [9.17, 15) is 4.79 Å². The maximum Gasteiger partial charge on any atom is 0.252 e. The van der Waals surface area contributed by atoms with E-state index in [1.165, 1.54) is 0 Å². The highest BCUT2D eigenvalue weighted by Crippen LogP contribution is 2.27. The van der Waals surface area contributed by atoms with Gasteiger partial charge in [-0.2, -0.15) is 0 Å². The number of pyridine rings is 1. The van der Waals surface area contributed by atoms with Crippen LogP contribution in [-0.4, -0.2) is 47.0 Å². The minimum absolute atomic E-state index is 0.366. The van der Waals surface area contributed by atoms with Gasteiger partial charge in [0.1, 0.15) is 5.65 Å². The molecule has 6 heteroatoms. The number of fused-ring (bicyclic) bond motifs is 1. The number of rotatable bonds is 3. The lowest BCUT2D eigenvalue weighted by Crippen LogP contribution is -2.37. The van der Waals surface area contributed by atoms with Crippen molar-refractivity contribution in [2.45, 2.75) is 18.9 Å². The van der Waals surface area contributed by atoms with E-state index in [1.54, 1.807) is 6.20 Å². The summed E-state index contributed by atoms with van der Waals surface area (Å²) in [6.45, 7) is 2.12. The molecule has 0 radical (unpaired) electrons. The third-order valence-corrected chi connectivity index (χ3v) is 3.92. The summed E-state index contributed by atoms with van der Waals surface area (Å²) < 4.78 is 0. The number of H-pyrrole nitrogens is 1. The molecule has 0 aromatic carbocycles. The van der Waals surface area contributed by atoms with Crippen LogP contribution < -0.4 is 11.1 Å². The highest BCUT2D eigenvalue weighted by molar-refractivity contribution is 6.05. The van der Waals surface area contributed by atoms with Gasteiger partial charge in [0.05, 0.1) is 11.3 Å². The number of aromatic nitrogens is 2. The number of carbonyl (C=O) groups excluding carboxylic acids is 1. The van der Waals surface area contributed by atoms with Gasteiger partial charge in [-0.05, 0) is 39.0 Å². The molecule has 106 valence electrons. The van der Waals surface area contributed by atoms with Gasteiger partial charge < -0.3 is 20.9 Å². The van der Waals surface area contributed by atoms with Crippen LogP contribution >= 0.6 is 0 Å². The zero-order valence-electron chi connectivity index (χ0n) is 11.5. The van der Waals surface area contributed by atoms with E-state index >= 15 is 0 Å². The molecule has 0 spiro atoms. The molecule has 0 bridgehead atoms. The normalized spacial score (nSPS) is 17.4. The van der Waals surface area contributed by atoms with Crippen LogP contribution in [0.5, 0.6) is 0 Å². The Balaban J connectivity index is 1.94. The Hall–Kier alpha value is -2.08. The second kappa shape index (κ2) is 5.13. The standard InChI is InChI=1S/C14H19N5O/c1-19-6-3-9(4-7-19)18-12-10-2-5-16-14(10)17-8-11(12)13(15)20/h2,5,8-9H,3-4,6-7H2,1H3,(H2,15,20)(H2,16,17,18). The highest BCUT2D eigenvalue weighted by atomic mass is 16.1. The number of hydrogen-bond donors (Lipinski definition) is 3. The molecule has 20 heavy (non-hydrogen) atoms. The summed E-state index contributed by atoms with van der Waals surface area (Å²) in [5.74, 6) is -0.448. The van der Waals surface area contributed by atoms with Crippen LogP contribution in [0.15, 0.2) is 18.5 Å². The van der Waals surface area contributed by atoms with Crippen LogP contribution in [0.3, 0.4) is 0 Å². The predicted molar refractivity (Wildman–Crippen MR) is 78.8 cm³/mol. The minimum atomic E-state index is -0.448. The minimum Gasteiger partial charge on any atom is -0.381 e. The van der Waals surface area contributed by atoms with Gasteiger partial charge in [0.25, 0.3) is 5.91 Å². The van der Waals surface area contributed by atoms with Crippen molar-refractivity contribution in [2.24, 2.45) is 5.73 Å². The Morgan fingerprint density at radius 1 is 1.50 bits per heavy atom. The molecular formula is C14H19N5O. The molecule has 0 unspecified atom stereocenters. The van der Waals surface area contributed by atoms with Crippen molar-refractivity contribution in [3.8, 4) is 0 Å². The Kier molecular flexibility index (Phi) is 3.31. The molecule has 1 aliphatic heterocycles. The first-order chi connectivity index (χ1) is 9.65. The second-order valence-electron chi connectivity index (χ2n) is 5.37. The number of anilines is 1. The van der Waals surface area contributed by atoms with Gasteiger partial charge in [0, 0.05) is 23.8 Å². The Morgan fingerprint density at radius 2 is 2.25 bits per heavy atom. The van der Waals surface area contributed by atoms with Crippen molar-refractivity contribution >= 4 is 22.6 Å². The third-order valence-electron chi connectivity index (χ3n) is 3.92. The molecule has 1 saturated heterocycles. The molecule has 0 atom stereocenters. The van der Waals surface area contributed by atoms with Crippen LogP contribution in [0.25, 0.3) is 11.0 Å². The lowest BCUT2D eigenvalue weighted by Gasteiger charge is -2.30. The SMILES string of the molecule is CN1CCC(Nc2c(C(N)=O)cnc3[nH]ccc23)CC1. The summed E-state index contributed by atoms with van der Waals surface area (Å²) in [4.78, 5) is 21.2. The fourth-order valence-corrected chi connectivity index (χ4v) is 2.71. The maximum absolute atomic E-state index is 11.6. The topological polar surface area (TPSA) is 87.0 Å². The smallest absolute Gasteiger partial charge is 0.252 e. The summed E-state index contributed by atoms with van der Waals surface area (Å²) in [5, 5.41) is 4.41. The number of nitrogens with two attached hydrogens (primary N) is 1. The van der Waals surface area contributed by atoms with Crippen molar-refractivity contribution in [1.82, 2.24) is 14.9 Å². The molecule has 4 N–H and O–H groups in total. The van der Waals surface area contributed by atoms with Crippen LogP contribution in [0.2, 0.25) is 0 Å². The predicted octanol–water partition coefficient (Wildman–Crippen LogP) is 1.17. The van der Waals surface area contributed by atoms with Crippen molar-refractivity contribution in [3.63, 3.8) is 0 Å². The number of hydrogen-bond acceptors (Lipinski definition) is 4. The number of likely N-dealkylation sites (tertiary alicyclic amines) is 1. The molecule has 3 rings (SSSR count). The molecule has 1 aliphatic rings. The van der Waals surface area contributed by atoms with E-state index in [0.717, 1.165) is 42.7 Å². The van der Waals surface area contributed by atoms with Crippen LogP contribution in [0, 0.1) is 0 Å². The number of carbonyl (C=O) groups is 1. The maximum atomic E-state index is 11.6. The van der Waals surface area contributed by atoms with Gasteiger partial charge >= 0.3 is 0 Å². The quantitative estimate of drug-likeness (QED) is 0.783. The van der Waals surface area contributed by atoms with E-state index in [-0.39, 0.29) is 0 Å². The number of amides is 1. The van der Waals surface area contributed by atoms with Crippen LogP contribution in [-0.2, 0) is 0 Å². The molecule has 1 fully saturated rings. The zero-order chi connectivity index (χ0) is 14.1. The first-order valence-corrected chi connectivity index (χ1v) is 6.86. The van der Waals surface area contributed by atoms with E-state index in [0.29, 0.717) is 11.6 Å². The Labute approximate surface area is 117 Å². The van der Waals surface area contributed by atoms with E-state index in [1.807, 2.05) is 12.3 Å². The molecule has 2 aromatic heterocycles. The van der Waals surface area contributed by atoms with Crippen molar-refractivity contribution in [1.29, 1.82) is 0 Å². The van der Waals surface area contributed by atoms with Gasteiger partial charge in [-0.15, -0.1) is 0 Å². The molecule has 1 amide bonds. The van der Waals surface area contributed by atoms with Gasteiger partial charge in [-0.1, -0.05) is 0 Å². The number of aromatic amines is 1. The van der Waals surface area contributed by atoms with Crippen LogP contribution in [0.1, 0.15) is 23.2 Å². The zero-order valence-corrected chi connectivity index (χ0v) is 11.5. The van der Waals surface area contributed by atoms with Gasteiger partial charge in [-0.25, -0.2) is 4.98 Å². The number of piperidine rings is 1. The number of primary amides is 1. The Morgan fingerprint density at radius 3 is 2.95 bits per heavy atom. The first kappa shape index (κ1) is 12.9. The number of nitrogens with zero attached hydrogens (tertiary/aromatic N) is 2. The lowest BCUT2D eigenvalue weighted by molar-refractivity contribution is 0.100. The van der Waals surface area contributed by atoms with E-state index in [2.05, 4.69) is 27.2 Å². The van der Waals surface area contributed by atoms with Crippen LogP contribution in [0.4, 0.5) is 5.69 Å². The molecule has 2 aromatic rings. The molecular weight excluding hydrogens is 254 g/mol. The molecule has 6 nitrogen and oxygen atoms in total. The van der Waals surface area contributed by atoms with Gasteiger partial charge in [-0.3, -0.25) is 4.79 Å². The van der Waals surface area contributed by atoms with E-state index in [4.69, 9.17) is 5.73 Å². The summed E-state index contributed by atoms with van der Waals surface area (Å²) >= 11 is 0. The lowest BCUT2D eigenvalue weighted by atomic mass is 10.0. The first-order valence-electron chi connectivity index (χ1n) is 6.86. The summed E-state index contributed by atoms with van der Waals surface area (Å²) in [6.07, 6.45) is 5.48. The average molecular weight is 273 g/mol. The molecule has 0 aliphatic carbocycles. The number of nitrogens with one attached hydrogen (secondary N) is 2. The molecule has 3 heterocycles. The van der Waals surface area contributed by atoms with Crippen molar-refractivity contribution < 1.29 is 4.79 Å².